The van der Waals surface area contributed by atoms with Crippen molar-refractivity contribution in [1.82, 2.24) is 20.8 Å². The van der Waals surface area contributed by atoms with Crippen LogP contribution >= 0.6 is 0 Å². The molecule has 0 fully saturated rings. The Kier molecular flexibility index (Phi) is 5.84. The molecule has 2 aromatic rings. The Hall–Kier alpha value is -3.42. The molecule has 0 unspecified atom stereocenters. The van der Waals surface area contributed by atoms with Crippen molar-refractivity contribution >= 4 is 23.2 Å². The van der Waals surface area contributed by atoms with E-state index in [4.69, 9.17) is 0 Å². The lowest BCUT2D eigenvalue weighted by Gasteiger charge is -2.03. The van der Waals surface area contributed by atoms with Gasteiger partial charge in [-0.1, -0.05) is 12.1 Å². The van der Waals surface area contributed by atoms with E-state index in [1.807, 2.05) is 0 Å². The van der Waals surface area contributed by atoms with Crippen molar-refractivity contribution in [3.63, 3.8) is 0 Å². The lowest BCUT2D eigenvalue weighted by atomic mass is 10.3. The van der Waals surface area contributed by atoms with E-state index in [-0.39, 0.29) is 11.4 Å². The maximum Gasteiger partial charge on any atom is 0.289 e. The monoisotopic (exact) mass is 324 g/mol. The van der Waals surface area contributed by atoms with E-state index in [9.17, 15) is 9.59 Å². The third kappa shape index (κ3) is 4.80. The molecule has 2 amide bonds. The minimum atomic E-state index is -0.430. The smallest absolute Gasteiger partial charge is 0.266 e. The summed E-state index contributed by atoms with van der Waals surface area (Å²) in [5.41, 5.74) is 6.16. The van der Waals surface area contributed by atoms with Gasteiger partial charge in [0, 0.05) is 12.4 Å². The fourth-order valence-electron chi connectivity index (χ4n) is 1.54. The first-order valence-electron chi connectivity index (χ1n) is 7.09. The fourth-order valence-corrected chi connectivity index (χ4v) is 1.54. The molecule has 0 aliphatic heterocycles. The van der Waals surface area contributed by atoms with Gasteiger partial charge < -0.3 is 0 Å². The van der Waals surface area contributed by atoms with Crippen LogP contribution in [0.5, 0.6) is 0 Å². The molecule has 0 bridgehead atoms. The molecule has 8 nitrogen and oxygen atoms in total. The van der Waals surface area contributed by atoms with Crippen molar-refractivity contribution in [2.75, 3.05) is 0 Å². The Morgan fingerprint density at radius 3 is 1.54 bits per heavy atom. The van der Waals surface area contributed by atoms with Gasteiger partial charge in [0.2, 0.25) is 0 Å². The highest BCUT2D eigenvalue weighted by Crippen LogP contribution is 1.94. The number of carbonyl (C=O) groups excluding carboxylic acids is 2. The third-order valence-corrected chi connectivity index (χ3v) is 2.97. The van der Waals surface area contributed by atoms with Crippen LogP contribution < -0.4 is 10.9 Å². The van der Waals surface area contributed by atoms with Crippen LogP contribution in [-0.4, -0.2) is 33.2 Å². The first kappa shape index (κ1) is 16.9. The number of nitrogens with one attached hydrogen (secondary N) is 2. The molecule has 0 saturated carbocycles. The van der Waals surface area contributed by atoms with Crippen molar-refractivity contribution < 1.29 is 9.59 Å². The third-order valence-electron chi connectivity index (χ3n) is 2.97. The normalized spacial score (nSPS) is 11.8. The Labute approximate surface area is 138 Å². The predicted octanol–water partition coefficient (Wildman–Crippen LogP) is 1.39. The summed E-state index contributed by atoms with van der Waals surface area (Å²) in [6.07, 6.45) is 3.04. The summed E-state index contributed by atoms with van der Waals surface area (Å²) in [4.78, 5) is 31.5. The topological polar surface area (TPSA) is 109 Å². The van der Waals surface area contributed by atoms with Gasteiger partial charge in [0.1, 0.15) is 11.4 Å². The van der Waals surface area contributed by atoms with Gasteiger partial charge in [0.15, 0.2) is 0 Å². The van der Waals surface area contributed by atoms with Gasteiger partial charge in [-0.05, 0) is 38.1 Å². The van der Waals surface area contributed by atoms with E-state index in [0.717, 1.165) is 0 Å². The number of hydrazone groups is 2. The van der Waals surface area contributed by atoms with Gasteiger partial charge in [-0.15, -0.1) is 0 Å². The molecule has 0 saturated heterocycles. The maximum atomic E-state index is 11.8. The molecule has 0 atom stereocenters. The molecule has 0 aliphatic carbocycles. The number of hydrogen-bond acceptors (Lipinski definition) is 6. The molecule has 2 heterocycles. The van der Waals surface area contributed by atoms with Crippen molar-refractivity contribution in [3.8, 4) is 0 Å². The quantitative estimate of drug-likeness (QED) is 0.640. The summed E-state index contributed by atoms with van der Waals surface area (Å²) >= 11 is 0. The summed E-state index contributed by atoms with van der Waals surface area (Å²) in [7, 11) is 0. The summed E-state index contributed by atoms with van der Waals surface area (Å²) in [6.45, 7) is 3.31. The number of hydrogen-bond donors (Lipinski definition) is 2. The first-order chi connectivity index (χ1) is 11.6. The van der Waals surface area contributed by atoms with E-state index < -0.39 is 11.8 Å². The Morgan fingerprint density at radius 1 is 0.792 bits per heavy atom. The minimum Gasteiger partial charge on any atom is -0.266 e. The molecule has 24 heavy (non-hydrogen) atoms. The number of carbonyl (C=O) groups is 2. The standard InChI is InChI=1S/C16H16N6O2/c1-11(19-21-15(23)13-7-3-5-9-17-13)12(2)20-22-16(24)14-8-4-6-10-18-14/h3-10H,1-2H3,(H,21,23)(H,22,24)/b19-11+,20-12+. The molecule has 2 N–H and O–H groups in total. The molecular formula is C16H16N6O2. The van der Waals surface area contributed by atoms with Crippen LogP contribution in [0.1, 0.15) is 34.8 Å². The lowest BCUT2D eigenvalue weighted by molar-refractivity contribution is 0.0941. The molecule has 0 aromatic carbocycles. The van der Waals surface area contributed by atoms with Crippen molar-refractivity contribution in [2.45, 2.75) is 13.8 Å². The van der Waals surface area contributed by atoms with Gasteiger partial charge in [0.05, 0.1) is 11.4 Å². The zero-order valence-corrected chi connectivity index (χ0v) is 13.2. The number of rotatable bonds is 5. The van der Waals surface area contributed by atoms with E-state index in [1.54, 1.807) is 50.2 Å². The number of amides is 2. The largest absolute Gasteiger partial charge is 0.289 e. The van der Waals surface area contributed by atoms with Crippen molar-refractivity contribution in [3.05, 3.63) is 60.2 Å². The maximum absolute atomic E-state index is 11.8. The minimum absolute atomic E-state index is 0.257. The summed E-state index contributed by atoms with van der Waals surface area (Å²) in [5, 5.41) is 7.86. The van der Waals surface area contributed by atoms with Crippen LogP contribution in [-0.2, 0) is 0 Å². The highest BCUT2D eigenvalue weighted by atomic mass is 16.2. The van der Waals surface area contributed by atoms with Crippen molar-refractivity contribution in [2.24, 2.45) is 10.2 Å². The molecular weight excluding hydrogens is 308 g/mol. The van der Waals surface area contributed by atoms with Crippen molar-refractivity contribution in [1.29, 1.82) is 0 Å². The second kappa shape index (κ2) is 8.28. The lowest BCUT2D eigenvalue weighted by Crippen LogP contribution is -2.24. The zero-order chi connectivity index (χ0) is 17.4. The van der Waals surface area contributed by atoms with E-state index in [1.165, 1.54) is 12.4 Å². The zero-order valence-electron chi connectivity index (χ0n) is 13.2. The second-order valence-corrected chi connectivity index (χ2v) is 4.71. The molecule has 2 rings (SSSR count). The Morgan fingerprint density at radius 2 is 1.21 bits per heavy atom. The highest BCUT2D eigenvalue weighted by Gasteiger charge is 2.07. The molecule has 2 aromatic heterocycles. The molecule has 0 radical (unpaired) electrons. The molecule has 122 valence electrons. The summed E-state index contributed by atoms with van der Waals surface area (Å²) < 4.78 is 0. The number of nitrogens with zero attached hydrogens (tertiary/aromatic N) is 4. The van der Waals surface area contributed by atoms with Gasteiger partial charge in [-0.3, -0.25) is 19.6 Å². The summed E-state index contributed by atoms with van der Waals surface area (Å²) in [5.74, 6) is -0.861. The SMILES string of the molecule is CC(=N\NC(=O)c1ccccn1)/C(C)=N/NC(=O)c1ccccn1. The van der Waals surface area contributed by atoms with Crippen LogP contribution in [0.2, 0.25) is 0 Å². The van der Waals surface area contributed by atoms with Crippen LogP contribution in [0.4, 0.5) is 0 Å². The van der Waals surface area contributed by atoms with E-state index in [2.05, 4.69) is 31.0 Å². The first-order valence-corrected chi connectivity index (χ1v) is 7.09. The molecule has 0 aliphatic rings. The van der Waals surface area contributed by atoms with E-state index >= 15 is 0 Å². The number of aromatic nitrogens is 2. The van der Waals surface area contributed by atoms with Gasteiger partial charge in [-0.25, -0.2) is 10.9 Å². The van der Waals surface area contributed by atoms with Crippen LogP contribution in [0.3, 0.4) is 0 Å². The average Bonchev–Trinajstić information content (AvgIpc) is 2.64. The van der Waals surface area contributed by atoms with Gasteiger partial charge in [0.25, 0.3) is 11.8 Å². The van der Waals surface area contributed by atoms with Crippen LogP contribution in [0.15, 0.2) is 59.0 Å². The number of pyridine rings is 2. The summed E-state index contributed by atoms with van der Waals surface area (Å²) in [6, 6.07) is 10.00. The Balaban J connectivity index is 1.94. The average molecular weight is 324 g/mol. The molecule has 0 spiro atoms. The van der Waals surface area contributed by atoms with Gasteiger partial charge >= 0.3 is 0 Å². The van der Waals surface area contributed by atoms with Crippen LogP contribution in [0.25, 0.3) is 0 Å². The van der Waals surface area contributed by atoms with E-state index in [0.29, 0.717) is 11.4 Å². The van der Waals surface area contributed by atoms with Crippen LogP contribution in [0, 0.1) is 0 Å². The molecule has 8 heteroatoms. The predicted molar refractivity (Wildman–Crippen MR) is 89.6 cm³/mol. The van der Waals surface area contributed by atoms with Gasteiger partial charge in [-0.2, -0.15) is 10.2 Å². The highest BCUT2D eigenvalue weighted by molar-refractivity contribution is 6.40. The fraction of sp³-hybridized carbons (Fsp3) is 0.125. The second-order valence-electron chi connectivity index (χ2n) is 4.71. The Bertz CT molecular complexity index is 704.